The maximum Gasteiger partial charge on any atom is 0.305 e. The van der Waals surface area contributed by atoms with Gasteiger partial charge in [0.15, 0.2) is 0 Å². The second kappa shape index (κ2) is 5.22. The number of nitrogens with two attached hydrogens (primary N) is 1. The average molecular weight is 185 g/mol. The molecule has 13 heavy (non-hydrogen) atoms. The number of hydrogen-bond acceptors (Lipinski definition) is 3. The molecule has 1 rings (SSSR count). The summed E-state index contributed by atoms with van der Waals surface area (Å²) in [4.78, 5) is 11.0. The first-order valence-corrected chi connectivity index (χ1v) is 5.03. The molecule has 0 aliphatic heterocycles. The molecule has 0 bridgehead atoms. The van der Waals surface area contributed by atoms with Crippen molar-refractivity contribution in [2.75, 3.05) is 13.7 Å². The lowest BCUT2D eigenvalue weighted by Crippen LogP contribution is -2.09. The third-order valence-corrected chi connectivity index (χ3v) is 2.91. The fourth-order valence-electron chi connectivity index (χ4n) is 2.18. The molecule has 3 heteroatoms. The van der Waals surface area contributed by atoms with Gasteiger partial charge in [-0.05, 0) is 37.6 Å². The van der Waals surface area contributed by atoms with Crippen LogP contribution in [0.5, 0.6) is 0 Å². The quantitative estimate of drug-likeness (QED) is 0.672. The van der Waals surface area contributed by atoms with Crippen LogP contribution in [0, 0.1) is 11.8 Å². The van der Waals surface area contributed by atoms with Gasteiger partial charge in [-0.3, -0.25) is 4.79 Å². The third kappa shape index (κ3) is 3.35. The van der Waals surface area contributed by atoms with E-state index in [4.69, 9.17) is 5.73 Å². The van der Waals surface area contributed by atoms with Gasteiger partial charge in [-0.2, -0.15) is 0 Å². The first-order valence-electron chi connectivity index (χ1n) is 5.03. The van der Waals surface area contributed by atoms with Crippen LogP contribution in [-0.2, 0) is 9.53 Å². The summed E-state index contributed by atoms with van der Waals surface area (Å²) in [5, 5.41) is 0. The van der Waals surface area contributed by atoms with Crippen molar-refractivity contribution in [1.29, 1.82) is 0 Å². The zero-order valence-corrected chi connectivity index (χ0v) is 8.29. The van der Waals surface area contributed by atoms with Crippen molar-refractivity contribution in [2.45, 2.75) is 32.1 Å². The molecular weight excluding hydrogens is 166 g/mol. The van der Waals surface area contributed by atoms with E-state index in [1.54, 1.807) is 0 Å². The van der Waals surface area contributed by atoms with Gasteiger partial charge in [0.1, 0.15) is 0 Å². The van der Waals surface area contributed by atoms with Crippen molar-refractivity contribution in [1.82, 2.24) is 0 Å². The number of methoxy groups -OCH3 is 1. The van der Waals surface area contributed by atoms with Crippen LogP contribution >= 0.6 is 0 Å². The molecule has 0 saturated heterocycles. The monoisotopic (exact) mass is 185 g/mol. The molecule has 0 aromatic rings. The lowest BCUT2D eigenvalue weighted by atomic mass is 10.00. The van der Waals surface area contributed by atoms with Gasteiger partial charge in [-0.1, -0.05) is 6.42 Å². The molecule has 0 aromatic heterocycles. The Morgan fingerprint density at radius 1 is 1.46 bits per heavy atom. The maximum absolute atomic E-state index is 11.0. The fraction of sp³-hybridized carbons (Fsp3) is 0.900. The Labute approximate surface area is 79.6 Å². The van der Waals surface area contributed by atoms with Gasteiger partial charge in [0.05, 0.1) is 7.11 Å². The summed E-state index contributed by atoms with van der Waals surface area (Å²) in [6.07, 6.45) is 5.26. The number of ether oxygens (including phenoxy) is 1. The molecule has 0 radical (unpaired) electrons. The van der Waals surface area contributed by atoms with Gasteiger partial charge >= 0.3 is 5.97 Å². The van der Waals surface area contributed by atoms with Crippen LogP contribution in [0.15, 0.2) is 0 Å². The molecule has 76 valence electrons. The minimum absolute atomic E-state index is 0.0709. The van der Waals surface area contributed by atoms with E-state index in [0.29, 0.717) is 12.3 Å². The highest BCUT2D eigenvalue weighted by atomic mass is 16.5. The highest BCUT2D eigenvalue weighted by Crippen LogP contribution is 2.34. The van der Waals surface area contributed by atoms with E-state index >= 15 is 0 Å². The van der Waals surface area contributed by atoms with Gasteiger partial charge in [0.25, 0.3) is 0 Å². The van der Waals surface area contributed by atoms with E-state index in [2.05, 4.69) is 4.74 Å². The molecule has 2 unspecified atom stereocenters. The van der Waals surface area contributed by atoms with Crippen molar-refractivity contribution in [3.63, 3.8) is 0 Å². The summed E-state index contributed by atoms with van der Waals surface area (Å²) in [7, 11) is 1.45. The van der Waals surface area contributed by atoms with Crippen molar-refractivity contribution in [2.24, 2.45) is 17.6 Å². The molecule has 0 spiro atoms. The summed E-state index contributed by atoms with van der Waals surface area (Å²) in [5.41, 5.74) is 5.49. The van der Waals surface area contributed by atoms with Gasteiger partial charge in [0, 0.05) is 6.42 Å². The Balaban J connectivity index is 2.20. The van der Waals surface area contributed by atoms with Gasteiger partial charge in [-0.15, -0.1) is 0 Å². The van der Waals surface area contributed by atoms with Crippen molar-refractivity contribution in [3.8, 4) is 0 Å². The molecule has 2 atom stereocenters. The second-order valence-electron chi connectivity index (χ2n) is 3.90. The summed E-state index contributed by atoms with van der Waals surface area (Å²) in [5.74, 6) is 1.22. The zero-order chi connectivity index (χ0) is 9.68. The lowest BCUT2D eigenvalue weighted by Gasteiger charge is -2.08. The van der Waals surface area contributed by atoms with Crippen LogP contribution in [0.4, 0.5) is 0 Å². The second-order valence-corrected chi connectivity index (χ2v) is 3.90. The van der Waals surface area contributed by atoms with E-state index in [-0.39, 0.29) is 5.97 Å². The summed E-state index contributed by atoms with van der Waals surface area (Å²) in [6.45, 7) is 0.773. The summed E-state index contributed by atoms with van der Waals surface area (Å²) >= 11 is 0. The van der Waals surface area contributed by atoms with Gasteiger partial charge in [-0.25, -0.2) is 0 Å². The largest absolute Gasteiger partial charge is 0.469 e. The Morgan fingerprint density at radius 3 is 2.77 bits per heavy atom. The van der Waals surface area contributed by atoms with Crippen LogP contribution in [-0.4, -0.2) is 19.6 Å². The molecule has 0 aromatic carbocycles. The molecular formula is C10H19NO2. The first-order chi connectivity index (χ1) is 6.26. The van der Waals surface area contributed by atoms with Crippen molar-refractivity contribution in [3.05, 3.63) is 0 Å². The standard InChI is InChI=1S/C10H19NO2/c1-13-10(12)7-9-3-2-8(6-9)4-5-11/h8-9H,2-7,11H2,1H3. The van der Waals surface area contributed by atoms with Crippen molar-refractivity contribution >= 4 is 5.97 Å². The number of carbonyl (C=O) groups is 1. The Morgan fingerprint density at radius 2 is 2.15 bits per heavy atom. The van der Waals surface area contributed by atoms with E-state index in [0.717, 1.165) is 25.3 Å². The summed E-state index contributed by atoms with van der Waals surface area (Å²) in [6, 6.07) is 0. The van der Waals surface area contributed by atoms with Crippen LogP contribution < -0.4 is 5.73 Å². The normalized spacial score (nSPS) is 27.5. The lowest BCUT2D eigenvalue weighted by molar-refractivity contribution is -0.141. The Hall–Kier alpha value is -0.570. The molecule has 1 saturated carbocycles. The predicted octanol–water partition coefficient (Wildman–Crippen LogP) is 1.31. The van der Waals surface area contributed by atoms with E-state index in [9.17, 15) is 4.79 Å². The highest BCUT2D eigenvalue weighted by Gasteiger charge is 2.25. The summed E-state index contributed by atoms with van der Waals surface area (Å²) < 4.78 is 4.64. The number of rotatable bonds is 4. The number of esters is 1. The first kappa shape index (κ1) is 10.5. The molecule has 0 amide bonds. The topological polar surface area (TPSA) is 52.3 Å². The smallest absolute Gasteiger partial charge is 0.305 e. The maximum atomic E-state index is 11.0. The minimum Gasteiger partial charge on any atom is -0.469 e. The third-order valence-electron chi connectivity index (χ3n) is 2.91. The average Bonchev–Trinajstić information content (AvgIpc) is 2.53. The highest BCUT2D eigenvalue weighted by molar-refractivity contribution is 5.69. The van der Waals surface area contributed by atoms with Crippen LogP contribution in [0.3, 0.4) is 0 Å². The van der Waals surface area contributed by atoms with Crippen LogP contribution in [0.2, 0.25) is 0 Å². The Bertz CT molecular complexity index is 170. The molecule has 3 nitrogen and oxygen atoms in total. The molecule has 2 N–H and O–H groups in total. The van der Waals surface area contributed by atoms with E-state index in [1.807, 2.05) is 0 Å². The van der Waals surface area contributed by atoms with Gasteiger partial charge in [0.2, 0.25) is 0 Å². The molecule has 1 aliphatic carbocycles. The van der Waals surface area contributed by atoms with E-state index in [1.165, 1.54) is 20.0 Å². The zero-order valence-electron chi connectivity index (χ0n) is 8.29. The van der Waals surface area contributed by atoms with Crippen LogP contribution in [0.25, 0.3) is 0 Å². The number of hydrogen-bond donors (Lipinski definition) is 1. The van der Waals surface area contributed by atoms with E-state index < -0.39 is 0 Å². The fourth-order valence-corrected chi connectivity index (χ4v) is 2.18. The molecule has 0 heterocycles. The van der Waals surface area contributed by atoms with Crippen LogP contribution in [0.1, 0.15) is 32.1 Å². The predicted molar refractivity (Wildman–Crippen MR) is 51.1 cm³/mol. The molecule has 1 fully saturated rings. The number of carbonyl (C=O) groups excluding carboxylic acids is 1. The minimum atomic E-state index is -0.0709. The SMILES string of the molecule is COC(=O)CC1CCC(CCN)C1. The molecule has 1 aliphatic rings. The van der Waals surface area contributed by atoms with Gasteiger partial charge < -0.3 is 10.5 Å². The Kier molecular flexibility index (Phi) is 4.22. The van der Waals surface area contributed by atoms with Crippen molar-refractivity contribution < 1.29 is 9.53 Å².